The topological polar surface area (TPSA) is 109 Å². The minimum atomic E-state index is -0.987. The van der Waals surface area contributed by atoms with E-state index in [0.29, 0.717) is 18.4 Å². The molecule has 1 aromatic heterocycles. The van der Waals surface area contributed by atoms with E-state index >= 15 is 0 Å². The molecule has 1 aromatic carbocycles. The van der Waals surface area contributed by atoms with Crippen LogP contribution in [0.2, 0.25) is 0 Å². The summed E-state index contributed by atoms with van der Waals surface area (Å²) in [6, 6.07) is 6.10. The number of carbonyl (C=O) groups is 3. The molecule has 0 unspecified atom stereocenters. The lowest BCUT2D eigenvalue weighted by molar-refractivity contribution is -0.131. The first-order chi connectivity index (χ1) is 15.3. The van der Waals surface area contributed by atoms with Crippen LogP contribution in [-0.4, -0.2) is 55.1 Å². The molecule has 8 nitrogen and oxygen atoms in total. The number of methoxy groups -OCH3 is 1. The van der Waals surface area contributed by atoms with Crippen molar-refractivity contribution in [2.75, 3.05) is 20.3 Å². The van der Waals surface area contributed by atoms with Crippen molar-refractivity contribution in [2.24, 2.45) is 0 Å². The summed E-state index contributed by atoms with van der Waals surface area (Å²) in [7, 11) is 1.50. The van der Waals surface area contributed by atoms with Gasteiger partial charge in [0, 0.05) is 38.0 Å². The van der Waals surface area contributed by atoms with Crippen molar-refractivity contribution in [3.63, 3.8) is 0 Å². The number of aromatic nitrogens is 1. The van der Waals surface area contributed by atoms with E-state index in [1.165, 1.54) is 14.0 Å². The fourth-order valence-corrected chi connectivity index (χ4v) is 2.89. The SMILES string of the molecule is COCCNC(=O)[C@H](Cc1ccccn1)NC(=O)[C@H](C)NC(=O)Cc1cc(F)cc(F)c1. The number of hydrogen-bond donors (Lipinski definition) is 3. The number of halogens is 2. The average molecular weight is 448 g/mol. The van der Waals surface area contributed by atoms with E-state index in [4.69, 9.17) is 4.74 Å². The first kappa shape index (κ1) is 24.9. The Labute approximate surface area is 184 Å². The standard InChI is InChI=1S/C22H26F2N4O4/c1-14(27-20(29)11-15-9-16(23)12-17(24)10-15)21(30)28-19(22(31)26-7-8-32-2)13-18-5-3-4-6-25-18/h3-6,9-10,12,14,19H,7-8,11,13H2,1-2H3,(H,26,31)(H,27,29)(H,28,30)/t14-,19-/m0/s1. The monoisotopic (exact) mass is 448 g/mol. The summed E-state index contributed by atoms with van der Waals surface area (Å²) in [5.74, 6) is -3.20. The van der Waals surface area contributed by atoms with E-state index in [0.717, 1.165) is 12.1 Å². The van der Waals surface area contributed by atoms with E-state index in [-0.39, 0.29) is 24.9 Å². The van der Waals surface area contributed by atoms with Gasteiger partial charge in [0.1, 0.15) is 23.7 Å². The van der Waals surface area contributed by atoms with Gasteiger partial charge in [-0.05, 0) is 36.8 Å². The number of amides is 3. The molecule has 2 atom stereocenters. The van der Waals surface area contributed by atoms with Gasteiger partial charge in [-0.3, -0.25) is 19.4 Å². The lowest BCUT2D eigenvalue weighted by Crippen LogP contribution is -2.54. The highest BCUT2D eigenvalue weighted by Gasteiger charge is 2.25. The second kappa shape index (κ2) is 12.5. The van der Waals surface area contributed by atoms with Crippen LogP contribution in [0.25, 0.3) is 0 Å². The van der Waals surface area contributed by atoms with Gasteiger partial charge in [-0.25, -0.2) is 8.78 Å². The molecular weight excluding hydrogens is 422 g/mol. The van der Waals surface area contributed by atoms with E-state index < -0.39 is 41.4 Å². The van der Waals surface area contributed by atoms with Crippen molar-refractivity contribution in [1.82, 2.24) is 20.9 Å². The molecule has 172 valence electrons. The summed E-state index contributed by atoms with van der Waals surface area (Å²) in [4.78, 5) is 41.5. The first-order valence-electron chi connectivity index (χ1n) is 9.99. The maximum Gasteiger partial charge on any atom is 0.243 e. The van der Waals surface area contributed by atoms with Gasteiger partial charge < -0.3 is 20.7 Å². The Hall–Kier alpha value is -3.40. The number of ether oxygens (including phenoxy) is 1. The highest BCUT2D eigenvalue weighted by Crippen LogP contribution is 2.09. The molecule has 0 aliphatic rings. The van der Waals surface area contributed by atoms with E-state index in [1.807, 2.05) is 0 Å². The van der Waals surface area contributed by atoms with Gasteiger partial charge >= 0.3 is 0 Å². The normalized spacial score (nSPS) is 12.5. The number of rotatable bonds is 11. The van der Waals surface area contributed by atoms with Gasteiger partial charge in [-0.15, -0.1) is 0 Å². The molecular formula is C22H26F2N4O4. The predicted octanol–water partition coefficient (Wildman–Crippen LogP) is 0.897. The fourth-order valence-electron chi connectivity index (χ4n) is 2.89. The van der Waals surface area contributed by atoms with Crippen molar-refractivity contribution >= 4 is 17.7 Å². The number of pyridine rings is 1. The fraction of sp³-hybridized carbons (Fsp3) is 0.364. The molecule has 32 heavy (non-hydrogen) atoms. The molecule has 1 heterocycles. The Morgan fingerprint density at radius 2 is 1.78 bits per heavy atom. The Kier molecular flexibility index (Phi) is 9.68. The summed E-state index contributed by atoms with van der Waals surface area (Å²) in [6.07, 6.45) is 1.42. The van der Waals surface area contributed by atoms with Gasteiger partial charge in [0.2, 0.25) is 17.7 Å². The van der Waals surface area contributed by atoms with Crippen LogP contribution < -0.4 is 16.0 Å². The molecule has 10 heteroatoms. The summed E-state index contributed by atoms with van der Waals surface area (Å²) in [5, 5.41) is 7.74. The van der Waals surface area contributed by atoms with Crippen LogP contribution in [0.1, 0.15) is 18.2 Å². The molecule has 2 rings (SSSR count). The van der Waals surface area contributed by atoms with Crippen LogP contribution in [0.3, 0.4) is 0 Å². The van der Waals surface area contributed by atoms with Crippen LogP contribution in [0.5, 0.6) is 0 Å². The molecule has 2 aromatic rings. The van der Waals surface area contributed by atoms with Crippen LogP contribution in [0.15, 0.2) is 42.6 Å². The number of nitrogens with zero attached hydrogens (tertiary/aromatic N) is 1. The van der Waals surface area contributed by atoms with Gasteiger partial charge in [0.15, 0.2) is 0 Å². The van der Waals surface area contributed by atoms with Crippen molar-refractivity contribution in [3.05, 3.63) is 65.5 Å². The number of nitrogens with one attached hydrogen (secondary N) is 3. The lowest BCUT2D eigenvalue weighted by Gasteiger charge is -2.21. The molecule has 0 aliphatic carbocycles. The summed E-state index contributed by atoms with van der Waals surface area (Å²) in [5.41, 5.74) is 0.739. The van der Waals surface area contributed by atoms with Crippen LogP contribution in [-0.2, 0) is 32.0 Å². The third-order valence-electron chi connectivity index (χ3n) is 4.44. The minimum Gasteiger partial charge on any atom is -0.383 e. The van der Waals surface area contributed by atoms with Crippen LogP contribution >= 0.6 is 0 Å². The Bertz CT molecular complexity index is 907. The van der Waals surface area contributed by atoms with E-state index in [1.54, 1.807) is 24.4 Å². The minimum absolute atomic E-state index is 0.137. The zero-order valence-electron chi connectivity index (χ0n) is 17.9. The average Bonchev–Trinajstić information content (AvgIpc) is 2.73. The molecule has 0 radical (unpaired) electrons. The number of hydrogen-bond acceptors (Lipinski definition) is 5. The zero-order valence-corrected chi connectivity index (χ0v) is 17.9. The predicted molar refractivity (Wildman–Crippen MR) is 112 cm³/mol. The maximum atomic E-state index is 13.3. The molecule has 0 saturated carbocycles. The second-order valence-corrected chi connectivity index (χ2v) is 7.11. The largest absolute Gasteiger partial charge is 0.383 e. The molecule has 3 N–H and O–H groups in total. The number of carbonyl (C=O) groups excluding carboxylic acids is 3. The van der Waals surface area contributed by atoms with Gasteiger partial charge in [0.05, 0.1) is 13.0 Å². The van der Waals surface area contributed by atoms with Gasteiger partial charge in [0.25, 0.3) is 0 Å². The third-order valence-corrected chi connectivity index (χ3v) is 4.44. The second-order valence-electron chi connectivity index (χ2n) is 7.11. The maximum absolute atomic E-state index is 13.3. The van der Waals surface area contributed by atoms with Gasteiger partial charge in [-0.1, -0.05) is 6.07 Å². The Morgan fingerprint density at radius 3 is 2.41 bits per heavy atom. The number of benzene rings is 1. The molecule has 0 bridgehead atoms. The highest BCUT2D eigenvalue weighted by molar-refractivity contribution is 5.92. The first-order valence-corrected chi connectivity index (χ1v) is 9.99. The van der Waals surface area contributed by atoms with Gasteiger partial charge in [-0.2, -0.15) is 0 Å². The Balaban J connectivity index is 1.98. The highest BCUT2D eigenvalue weighted by atomic mass is 19.1. The summed E-state index contributed by atoms with van der Waals surface area (Å²) >= 11 is 0. The quantitative estimate of drug-likeness (QED) is 0.443. The van der Waals surface area contributed by atoms with E-state index in [2.05, 4.69) is 20.9 Å². The third kappa shape index (κ3) is 8.38. The van der Waals surface area contributed by atoms with Crippen molar-refractivity contribution in [3.8, 4) is 0 Å². The summed E-state index contributed by atoms with van der Waals surface area (Å²) in [6.45, 7) is 2.02. The molecule has 0 spiro atoms. The van der Waals surface area contributed by atoms with Crippen molar-refractivity contribution < 1.29 is 27.9 Å². The Morgan fingerprint density at radius 1 is 1.06 bits per heavy atom. The summed E-state index contributed by atoms with van der Waals surface area (Å²) < 4.78 is 31.5. The lowest BCUT2D eigenvalue weighted by atomic mass is 10.1. The van der Waals surface area contributed by atoms with Crippen molar-refractivity contribution in [2.45, 2.75) is 31.8 Å². The molecule has 0 saturated heterocycles. The van der Waals surface area contributed by atoms with Crippen LogP contribution in [0.4, 0.5) is 8.78 Å². The zero-order chi connectivity index (χ0) is 23.5. The molecule has 0 aliphatic heterocycles. The molecule has 3 amide bonds. The van der Waals surface area contributed by atoms with Crippen molar-refractivity contribution in [1.29, 1.82) is 0 Å². The smallest absolute Gasteiger partial charge is 0.243 e. The van der Waals surface area contributed by atoms with E-state index in [9.17, 15) is 23.2 Å². The van der Waals surface area contributed by atoms with Crippen LogP contribution in [0, 0.1) is 11.6 Å². The molecule has 0 fully saturated rings.